The minimum Gasteiger partial charge on any atom is -0.550 e. The van der Waals surface area contributed by atoms with Crippen molar-refractivity contribution in [2.45, 2.75) is 19.8 Å². The molecule has 0 unspecified atom stereocenters. The molecule has 1 aliphatic rings. The summed E-state index contributed by atoms with van der Waals surface area (Å²) in [5.41, 5.74) is 1.77. The fourth-order valence-electron chi connectivity index (χ4n) is 2.20. The van der Waals surface area contributed by atoms with Gasteiger partial charge in [0.25, 0.3) is 5.91 Å². The van der Waals surface area contributed by atoms with E-state index in [1.807, 2.05) is 31.2 Å². The first-order valence-corrected chi connectivity index (χ1v) is 6.14. The quantitative estimate of drug-likeness (QED) is 0.767. The second-order valence-electron chi connectivity index (χ2n) is 4.75. The van der Waals surface area contributed by atoms with Crippen LogP contribution >= 0.6 is 0 Å². The first kappa shape index (κ1) is 12.6. The van der Waals surface area contributed by atoms with Crippen LogP contribution in [0.25, 0.3) is 0 Å². The lowest BCUT2D eigenvalue weighted by atomic mass is 9.96. The largest absolute Gasteiger partial charge is 0.550 e. The number of hydrogen-bond donors (Lipinski definition) is 0. The number of rotatable bonds is 2. The van der Waals surface area contributed by atoms with Gasteiger partial charge in [-0.15, -0.1) is 0 Å². The van der Waals surface area contributed by atoms with E-state index in [0.717, 1.165) is 5.56 Å². The Balaban J connectivity index is 1.99. The van der Waals surface area contributed by atoms with E-state index in [1.54, 1.807) is 4.90 Å². The first-order valence-electron chi connectivity index (χ1n) is 6.14. The Morgan fingerprint density at radius 3 is 2.22 bits per heavy atom. The Hall–Kier alpha value is -1.84. The van der Waals surface area contributed by atoms with Crippen LogP contribution in [0.4, 0.5) is 0 Å². The lowest BCUT2D eigenvalue weighted by Gasteiger charge is -2.32. The van der Waals surface area contributed by atoms with E-state index in [1.165, 1.54) is 0 Å². The number of aliphatic carboxylic acids is 1. The topological polar surface area (TPSA) is 60.4 Å². The molecule has 0 bridgehead atoms. The molecule has 1 aromatic rings. The maximum atomic E-state index is 12.2. The Labute approximate surface area is 106 Å². The molecule has 2 rings (SSSR count). The number of carbonyl (C=O) groups is 2. The van der Waals surface area contributed by atoms with Crippen molar-refractivity contribution in [3.63, 3.8) is 0 Å². The van der Waals surface area contributed by atoms with Crippen LogP contribution in [0.2, 0.25) is 0 Å². The summed E-state index contributed by atoms with van der Waals surface area (Å²) in [5.74, 6) is -1.43. The normalized spacial score (nSPS) is 16.6. The van der Waals surface area contributed by atoms with Gasteiger partial charge in [-0.3, -0.25) is 4.79 Å². The summed E-state index contributed by atoms with van der Waals surface area (Å²) in [6.07, 6.45) is 0.972. The Bertz CT molecular complexity index is 445. The molecule has 1 aromatic carbocycles. The molecule has 1 amide bonds. The van der Waals surface area contributed by atoms with Crippen LogP contribution in [0.15, 0.2) is 24.3 Å². The molecule has 1 fully saturated rings. The molecule has 0 atom stereocenters. The fraction of sp³-hybridized carbons (Fsp3) is 0.429. The lowest BCUT2D eigenvalue weighted by molar-refractivity contribution is -0.312. The number of carboxylic acid groups (broad SMARTS) is 1. The number of likely N-dealkylation sites (tertiary alicyclic amines) is 1. The highest BCUT2D eigenvalue weighted by atomic mass is 16.4. The van der Waals surface area contributed by atoms with Gasteiger partial charge in [0.1, 0.15) is 0 Å². The molecule has 0 saturated carbocycles. The van der Waals surface area contributed by atoms with E-state index in [-0.39, 0.29) is 5.91 Å². The molecule has 0 aliphatic carbocycles. The van der Waals surface area contributed by atoms with Crippen molar-refractivity contribution in [3.05, 3.63) is 35.4 Å². The van der Waals surface area contributed by atoms with Crippen LogP contribution in [-0.4, -0.2) is 29.9 Å². The summed E-state index contributed by atoms with van der Waals surface area (Å²) in [4.78, 5) is 24.6. The van der Waals surface area contributed by atoms with E-state index in [9.17, 15) is 14.7 Å². The zero-order chi connectivity index (χ0) is 13.1. The monoisotopic (exact) mass is 246 g/mol. The van der Waals surface area contributed by atoms with Crippen LogP contribution in [0.3, 0.4) is 0 Å². The maximum Gasteiger partial charge on any atom is 0.253 e. The summed E-state index contributed by atoms with van der Waals surface area (Å²) < 4.78 is 0. The molecule has 4 nitrogen and oxygen atoms in total. The van der Waals surface area contributed by atoms with Gasteiger partial charge in [-0.05, 0) is 31.9 Å². The first-order chi connectivity index (χ1) is 8.58. The molecular weight excluding hydrogens is 230 g/mol. The third kappa shape index (κ3) is 2.70. The fourth-order valence-corrected chi connectivity index (χ4v) is 2.20. The summed E-state index contributed by atoms with van der Waals surface area (Å²) in [7, 11) is 0. The third-order valence-corrected chi connectivity index (χ3v) is 3.41. The predicted molar refractivity (Wildman–Crippen MR) is 64.8 cm³/mol. The van der Waals surface area contributed by atoms with Gasteiger partial charge in [0.15, 0.2) is 0 Å². The number of hydrogen-bond acceptors (Lipinski definition) is 3. The van der Waals surface area contributed by atoms with Gasteiger partial charge in [-0.2, -0.15) is 0 Å². The van der Waals surface area contributed by atoms with Crippen LogP contribution in [0.5, 0.6) is 0 Å². The zero-order valence-corrected chi connectivity index (χ0v) is 10.4. The van der Waals surface area contributed by atoms with E-state index in [4.69, 9.17) is 0 Å². The minimum atomic E-state index is -1.00. The molecule has 4 heteroatoms. The molecule has 1 saturated heterocycles. The van der Waals surface area contributed by atoms with Gasteiger partial charge < -0.3 is 14.8 Å². The standard InChI is InChI=1S/C14H17NO3/c1-10-2-4-11(5-3-10)13(16)15-8-6-12(7-9-15)14(17)18/h2-5,12H,6-9H2,1H3,(H,17,18)/p-1. The van der Waals surface area contributed by atoms with Crippen molar-refractivity contribution in [1.29, 1.82) is 0 Å². The number of piperidine rings is 1. The minimum absolute atomic E-state index is 0.0215. The van der Waals surface area contributed by atoms with Crippen LogP contribution in [0.1, 0.15) is 28.8 Å². The predicted octanol–water partition coefficient (Wildman–Crippen LogP) is 0.597. The molecule has 96 valence electrons. The van der Waals surface area contributed by atoms with Gasteiger partial charge in [-0.25, -0.2) is 0 Å². The number of nitrogens with zero attached hydrogens (tertiary/aromatic N) is 1. The molecule has 0 spiro atoms. The Morgan fingerprint density at radius 2 is 1.72 bits per heavy atom. The van der Waals surface area contributed by atoms with Gasteiger partial charge in [0, 0.05) is 30.5 Å². The number of carbonyl (C=O) groups excluding carboxylic acids is 2. The average Bonchev–Trinajstić information content (AvgIpc) is 2.39. The Morgan fingerprint density at radius 1 is 1.17 bits per heavy atom. The van der Waals surface area contributed by atoms with E-state index in [0.29, 0.717) is 31.5 Å². The average molecular weight is 246 g/mol. The van der Waals surface area contributed by atoms with E-state index < -0.39 is 11.9 Å². The van der Waals surface area contributed by atoms with Crippen molar-refractivity contribution < 1.29 is 14.7 Å². The third-order valence-electron chi connectivity index (χ3n) is 3.41. The van der Waals surface area contributed by atoms with Gasteiger partial charge in [0.2, 0.25) is 0 Å². The smallest absolute Gasteiger partial charge is 0.253 e. The lowest BCUT2D eigenvalue weighted by Crippen LogP contribution is -2.43. The molecule has 0 radical (unpaired) electrons. The number of benzene rings is 1. The SMILES string of the molecule is Cc1ccc(C(=O)N2CCC(C(=O)[O-])CC2)cc1. The van der Waals surface area contributed by atoms with E-state index in [2.05, 4.69) is 0 Å². The number of aryl methyl sites for hydroxylation is 1. The second kappa shape index (κ2) is 5.21. The summed E-state index contributed by atoms with van der Waals surface area (Å²) in [5, 5.41) is 10.7. The highest BCUT2D eigenvalue weighted by Gasteiger charge is 2.23. The molecular formula is C14H16NO3-. The molecule has 18 heavy (non-hydrogen) atoms. The Kier molecular flexibility index (Phi) is 3.65. The summed E-state index contributed by atoms with van der Waals surface area (Å²) in [6.45, 7) is 2.95. The molecule has 0 N–H and O–H groups in total. The van der Waals surface area contributed by atoms with Crippen LogP contribution in [-0.2, 0) is 4.79 Å². The van der Waals surface area contributed by atoms with Crippen molar-refractivity contribution in [3.8, 4) is 0 Å². The number of carboxylic acids is 1. The number of amides is 1. The molecule has 1 aliphatic heterocycles. The maximum absolute atomic E-state index is 12.2. The highest BCUT2D eigenvalue weighted by Crippen LogP contribution is 2.18. The van der Waals surface area contributed by atoms with Crippen molar-refractivity contribution in [2.75, 3.05) is 13.1 Å². The van der Waals surface area contributed by atoms with Crippen molar-refractivity contribution in [2.24, 2.45) is 5.92 Å². The van der Waals surface area contributed by atoms with Crippen molar-refractivity contribution >= 4 is 11.9 Å². The molecule has 1 heterocycles. The highest BCUT2D eigenvalue weighted by molar-refractivity contribution is 5.94. The van der Waals surface area contributed by atoms with Gasteiger partial charge in [-0.1, -0.05) is 17.7 Å². The summed E-state index contributed by atoms with van der Waals surface area (Å²) in [6, 6.07) is 7.42. The summed E-state index contributed by atoms with van der Waals surface area (Å²) >= 11 is 0. The van der Waals surface area contributed by atoms with Gasteiger partial charge >= 0.3 is 0 Å². The van der Waals surface area contributed by atoms with Crippen molar-refractivity contribution in [1.82, 2.24) is 4.90 Å². The van der Waals surface area contributed by atoms with Crippen LogP contribution in [0, 0.1) is 12.8 Å². The van der Waals surface area contributed by atoms with Crippen LogP contribution < -0.4 is 5.11 Å². The second-order valence-corrected chi connectivity index (χ2v) is 4.75. The van der Waals surface area contributed by atoms with Gasteiger partial charge in [0.05, 0.1) is 0 Å². The van der Waals surface area contributed by atoms with E-state index >= 15 is 0 Å². The molecule has 0 aromatic heterocycles. The zero-order valence-electron chi connectivity index (χ0n) is 10.4.